The molecule has 1 atom stereocenters. The van der Waals surface area contributed by atoms with Gasteiger partial charge in [0.1, 0.15) is 17.5 Å². The van der Waals surface area contributed by atoms with Crippen LogP contribution in [0, 0.1) is 22.9 Å². The number of halogens is 3. The fourth-order valence-electron chi connectivity index (χ4n) is 6.18. The van der Waals surface area contributed by atoms with Crippen LogP contribution in [0.1, 0.15) is 43.9 Å². The first-order valence-corrected chi connectivity index (χ1v) is 14.0. The lowest BCUT2D eigenvalue weighted by molar-refractivity contribution is -0.120. The molecule has 6 nitrogen and oxygen atoms in total. The van der Waals surface area contributed by atoms with E-state index in [0.29, 0.717) is 35.5 Å². The van der Waals surface area contributed by atoms with Gasteiger partial charge >= 0.3 is 0 Å². The number of anilines is 2. The summed E-state index contributed by atoms with van der Waals surface area (Å²) in [4.78, 5) is 32.0. The van der Waals surface area contributed by atoms with Crippen molar-refractivity contribution in [3.8, 4) is 0 Å². The highest BCUT2D eigenvalue weighted by molar-refractivity contribution is 6.02. The van der Waals surface area contributed by atoms with Crippen LogP contribution in [0.2, 0.25) is 0 Å². The topological polar surface area (TPSA) is 77.2 Å². The molecule has 3 N–H and O–H groups in total. The second-order valence-electron chi connectivity index (χ2n) is 11.8. The maximum atomic E-state index is 15.5. The van der Waals surface area contributed by atoms with E-state index in [-0.39, 0.29) is 48.0 Å². The van der Waals surface area contributed by atoms with Crippen LogP contribution in [0.4, 0.5) is 24.5 Å². The van der Waals surface area contributed by atoms with Crippen LogP contribution in [0.15, 0.2) is 78.1 Å². The number of fused-ring (bicyclic) bond motifs is 2. The molecule has 42 heavy (non-hydrogen) atoms. The predicted octanol–water partition coefficient (Wildman–Crippen LogP) is 6.56. The average Bonchev–Trinajstić information content (AvgIpc) is 3.26. The van der Waals surface area contributed by atoms with Gasteiger partial charge in [-0.15, -0.1) is 0 Å². The summed E-state index contributed by atoms with van der Waals surface area (Å²) in [6.45, 7) is 4.12. The SMILES string of the molecule is CC1(C)CC(=O)C2=C(C1)Nc1ccccc1N(CC(=O)NCCc1c[nH]c3ccc(F)cc13)C2c1ccc(F)cc1F. The second-order valence-corrected chi connectivity index (χ2v) is 11.8. The monoisotopic (exact) mass is 572 g/mol. The molecule has 6 rings (SSSR count). The van der Waals surface area contributed by atoms with E-state index in [0.717, 1.165) is 22.5 Å². The minimum absolute atomic E-state index is 0.115. The predicted molar refractivity (Wildman–Crippen MR) is 157 cm³/mol. The number of ketones is 1. The first-order chi connectivity index (χ1) is 20.1. The van der Waals surface area contributed by atoms with Crippen LogP contribution >= 0.6 is 0 Å². The minimum Gasteiger partial charge on any atom is -0.361 e. The number of carbonyl (C=O) groups is 2. The molecule has 3 aromatic carbocycles. The number of allylic oxidation sites excluding steroid dienone is 1. The number of aromatic nitrogens is 1. The van der Waals surface area contributed by atoms with Crippen molar-refractivity contribution in [3.63, 3.8) is 0 Å². The Kier molecular flexibility index (Phi) is 7.04. The summed E-state index contributed by atoms with van der Waals surface area (Å²) in [5, 5.41) is 7.10. The van der Waals surface area contributed by atoms with E-state index in [1.165, 1.54) is 24.3 Å². The lowest BCUT2D eigenvalue weighted by atomic mass is 9.73. The average molecular weight is 573 g/mol. The molecule has 0 saturated heterocycles. The number of amides is 1. The zero-order valence-corrected chi connectivity index (χ0v) is 23.4. The zero-order valence-electron chi connectivity index (χ0n) is 23.4. The number of H-pyrrole nitrogens is 1. The van der Waals surface area contributed by atoms with Gasteiger partial charge in [0.25, 0.3) is 0 Å². The van der Waals surface area contributed by atoms with Crippen molar-refractivity contribution >= 4 is 34.0 Å². The summed E-state index contributed by atoms with van der Waals surface area (Å²) in [6.07, 6.45) is 3.07. The Bertz CT molecular complexity index is 1740. The number of hydrogen-bond acceptors (Lipinski definition) is 4. The lowest BCUT2D eigenvalue weighted by Gasteiger charge is -2.38. The van der Waals surface area contributed by atoms with Crippen LogP contribution in [0.25, 0.3) is 10.9 Å². The summed E-state index contributed by atoms with van der Waals surface area (Å²) in [6, 6.07) is 14.2. The summed E-state index contributed by atoms with van der Waals surface area (Å²) in [5.41, 5.74) is 3.83. The van der Waals surface area contributed by atoms with Crippen LogP contribution < -0.4 is 15.5 Å². The van der Waals surface area contributed by atoms with Crippen molar-refractivity contribution < 1.29 is 22.8 Å². The van der Waals surface area contributed by atoms with Crippen molar-refractivity contribution in [2.45, 2.75) is 39.2 Å². The maximum absolute atomic E-state index is 15.5. The molecule has 0 saturated carbocycles. The Morgan fingerprint density at radius 1 is 1.02 bits per heavy atom. The summed E-state index contributed by atoms with van der Waals surface area (Å²) >= 11 is 0. The first-order valence-electron chi connectivity index (χ1n) is 14.0. The highest BCUT2D eigenvalue weighted by Gasteiger charge is 2.42. The molecule has 0 fully saturated rings. The minimum atomic E-state index is -0.956. The molecule has 1 amide bonds. The number of Topliss-reactive ketones (excluding diaryl/α,β-unsaturated/α-hetero) is 1. The molecule has 1 unspecified atom stereocenters. The molecule has 0 bridgehead atoms. The second kappa shape index (κ2) is 10.7. The Morgan fingerprint density at radius 2 is 1.79 bits per heavy atom. The molecule has 0 radical (unpaired) electrons. The van der Waals surface area contributed by atoms with E-state index in [1.54, 1.807) is 17.2 Å². The van der Waals surface area contributed by atoms with Gasteiger partial charge in [-0.1, -0.05) is 32.0 Å². The molecule has 1 aliphatic carbocycles. The van der Waals surface area contributed by atoms with Crippen LogP contribution in [-0.4, -0.2) is 29.8 Å². The van der Waals surface area contributed by atoms with E-state index in [9.17, 15) is 18.4 Å². The number of nitrogens with one attached hydrogen (secondary N) is 3. The highest BCUT2D eigenvalue weighted by Crippen LogP contribution is 2.48. The van der Waals surface area contributed by atoms with Crippen molar-refractivity contribution in [1.29, 1.82) is 0 Å². The smallest absolute Gasteiger partial charge is 0.239 e. The summed E-state index contributed by atoms with van der Waals surface area (Å²) in [5.74, 6) is -2.34. The fraction of sp³-hybridized carbons (Fsp3) is 0.273. The Hall–Kier alpha value is -4.53. The summed E-state index contributed by atoms with van der Waals surface area (Å²) < 4.78 is 43.3. The molecule has 0 spiro atoms. The molecule has 1 aromatic heterocycles. The number of para-hydroxylation sites is 2. The van der Waals surface area contributed by atoms with Gasteiger partial charge in [-0.3, -0.25) is 9.59 Å². The third kappa shape index (κ3) is 5.26. The number of carbonyl (C=O) groups excluding carboxylic acids is 2. The third-order valence-corrected chi connectivity index (χ3v) is 8.02. The molecule has 216 valence electrons. The molecule has 9 heteroatoms. The molecule has 4 aromatic rings. The van der Waals surface area contributed by atoms with Gasteiger partial charge in [0, 0.05) is 53.0 Å². The van der Waals surface area contributed by atoms with E-state index in [1.807, 2.05) is 38.1 Å². The molecule has 2 aliphatic rings. The number of aromatic amines is 1. The van der Waals surface area contributed by atoms with Gasteiger partial charge in [-0.05, 0) is 60.2 Å². The number of benzene rings is 3. The number of rotatable bonds is 6. The molecule has 2 heterocycles. The maximum Gasteiger partial charge on any atom is 0.239 e. The van der Waals surface area contributed by atoms with Gasteiger partial charge in [-0.2, -0.15) is 0 Å². The Morgan fingerprint density at radius 3 is 2.60 bits per heavy atom. The number of nitrogens with zero attached hydrogens (tertiary/aromatic N) is 1. The zero-order chi connectivity index (χ0) is 29.6. The standard InChI is InChI=1S/C33H31F3N4O2/c1-33(2)15-27-31(29(41)16-33)32(22-9-7-21(35)14-24(22)36)40(28-6-4-3-5-26(28)39-27)18-30(42)37-12-11-19-17-38-25-10-8-20(34)13-23(19)25/h3-10,13-14,17,32,38-39H,11-12,15-16,18H2,1-2H3,(H,37,42). The van der Waals surface area contributed by atoms with Gasteiger partial charge in [0.05, 0.1) is 24.0 Å². The van der Waals surface area contributed by atoms with Crippen molar-refractivity contribution in [1.82, 2.24) is 10.3 Å². The molecular weight excluding hydrogens is 541 g/mol. The van der Waals surface area contributed by atoms with Gasteiger partial charge in [0.15, 0.2) is 5.78 Å². The lowest BCUT2D eigenvalue weighted by Crippen LogP contribution is -2.42. The van der Waals surface area contributed by atoms with E-state index in [4.69, 9.17) is 0 Å². The van der Waals surface area contributed by atoms with Crippen LogP contribution in [-0.2, 0) is 16.0 Å². The van der Waals surface area contributed by atoms with Crippen molar-refractivity contribution in [2.75, 3.05) is 23.3 Å². The fourth-order valence-corrected chi connectivity index (χ4v) is 6.18. The Labute approximate surface area is 241 Å². The number of hydrogen-bond donors (Lipinski definition) is 3. The van der Waals surface area contributed by atoms with Gasteiger partial charge in [-0.25, -0.2) is 13.2 Å². The van der Waals surface area contributed by atoms with Crippen molar-refractivity contribution in [2.24, 2.45) is 5.41 Å². The summed E-state index contributed by atoms with van der Waals surface area (Å²) in [7, 11) is 0. The van der Waals surface area contributed by atoms with Crippen LogP contribution in [0.5, 0.6) is 0 Å². The van der Waals surface area contributed by atoms with Crippen molar-refractivity contribution in [3.05, 3.63) is 107 Å². The normalized spacial score (nSPS) is 17.9. The van der Waals surface area contributed by atoms with E-state index in [2.05, 4.69) is 15.6 Å². The third-order valence-electron chi connectivity index (χ3n) is 8.02. The highest BCUT2D eigenvalue weighted by atomic mass is 19.1. The first kappa shape index (κ1) is 27.6. The van der Waals surface area contributed by atoms with E-state index < -0.39 is 17.7 Å². The quantitative estimate of drug-likeness (QED) is 0.245. The molecular formula is C33H31F3N4O2. The van der Waals surface area contributed by atoms with Crippen LogP contribution in [0.3, 0.4) is 0 Å². The Balaban J connectivity index is 1.34. The molecule has 1 aliphatic heterocycles. The largest absolute Gasteiger partial charge is 0.361 e. The van der Waals surface area contributed by atoms with Gasteiger partial charge < -0.3 is 20.5 Å². The van der Waals surface area contributed by atoms with Gasteiger partial charge in [0.2, 0.25) is 5.91 Å². The van der Waals surface area contributed by atoms with E-state index >= 15 is 4.39 Å².